The van der Waals surface area contributed by atoms with E-state index >= 15 is 0 Å². The summed E-state index contributed by atoms with van der Waals surface area (Å²) >= 11 is 6.36. The third kappa shape index (κ3) is 1.72. The maximum absolute atomic E-state index is 10.7. The van der Waals surface area contributed by atoms with Gasteiger partial charge in [-0.3, -0.25) is 4.68 Å². The smallest absolute Gasteiger partial charge is 0.0848 e. The van der Waals surface area contributed by atoms with E-state index in [1.165, 1.54) is 19.3 Å². The lowest BCUT2D eigenvalue weighted by atomic mass is 9.96. The number of nitrogens with zero attached hydrogens (tertiary/aromatic N) is 2. The van der Waals surface area contributed by atoms with E-state index in [0.29, 0.717) is 12.3 Å². The lowest BCUT2D eigenvalue weighted by molar-refractivity contribution is 0.126. The number of aliphatic hydroxyl groups is 1. The normalized spacial score (nSPS) is 39.1. The van der Waals surface area contributed by atoms with Crippen molar-refractivity contribution in [3.63, 3.8) is 0 Å². The number of aryl methyl sites for hydroxylation is 2. The predicted molar refractivity (Wildman–Crippen MR) is 78.7 cm³/mol. The largest absolute Gasteiger partial charge is 0.392 e. The van der Waals surface area contributed by atoms with Crippen molar-refractivity contribution in [3.8, 4) is 0 Å². The fourth-order valence-electron chi connectivity index (χ4n) is 5.31. The minimum atomic E-state index is -0.229. The highest BCUT2D eigenvalue weighted by Gasteiger charge is 2.66. The Morgan fingerprint density at radius 1 is 1.35 bits per heavy atom. The van der Waals surface area contributed by atoms with Gasteiger partial charge in [0.15, 0.2) is 0 Å². The van der Waals surface area contributed by atoms with Crippen LogP contribution in [0.15, 0.2) is 0 Å². The van der Waals surface area contributed by atoms with Crippen molar-refractivity contribution < 1.29 is 5.11 Å². The Bertz CT molecular complexity index is 525. The summed E-state index contributed by atoms with van der Waals surface area (Å²) in [7, 11) is 0. The molecule has 2 bridgehead atoms. The Kier molecular flexibility index (Phi) is 2.94. The summed E-state index contributed by atoms with van der Waals surface area (Å²) in [4.78, 5) is 0. The van der Waals surface area contributed by atoms with Crippen LogP contribution in [-0.2, 0) is 13.0 Å². The average molecular weight is 295 g/mol. The molecule has 0 radical (unpaired) electrons. The highest BCUT2D eigenvalue weighted by molar-refractivity contribution is 6.31. The van der Waals surface area contributed by atoms with E-state index in [2.05, 4.69) is 12.0 Å². The van der Waals surface area contributed by atoms with Crippen molar-refractivity contribution in [2.24, 2.45) is 29.6 Å². The van der Waals surface area contributed by atoms with Gasteiger partial charge in [-0.25, -0.2) is 0 Å². The summed E-state index contributed by atoms with van der Waals surface area (Å²) in [6, 6.07) is 0. The van der Waals surface area contributed by atoms with Gasteiger partial charge < -0.3 is 5.11 Å². The van der Waals surface area contributed by atoms with E-state index in [1.807, 2.05) is 11.6 Å². The van der Waals surface area contributed by atoms with E-state index in [4.69, 9.17) is 11.6 Å². The molecule has 0 saturated heterocycles. The van der Waals surface area contributed by atoms with Gasteiger partial charge in [0.25, 0.3) is 0 Å². The molecule has 5 atom stereocenters. The lowest BCUT2D eigenvalue weighted by Crippen LogP contribution is -2.20. The van der Waals surface area contributed by atoms with Gasteiger partial charge in [0, 0.05) is 13.0 Å². The van der Waals surface area contributed by atoms with E-state index in [-0.39, 0.29) is 6.10 Å². The van der Waals surface area contributed by atoms with Gasteiger partial charge in [0.2, 0.25) is 0 Å². The third-order valence-corrected chi connectivity index (χ3v) is 6.59. The average Bonchev–Trinajstić information content (AvgIpc) is 2.73. The molecule has 1 aromatic heterocycles. The number of aromatic nitrogens is 2. The topological polar surface area (TPSA) is 38.0 Å². The first-order chi connectivity index (χ1) is 9.61. The second-order valence-corrected chi connectivity index (χ2v) is 7.38. The number of rotatable bonds is 4. The van der Waals surface area contributed by atoms with E-state index in [1.54, 1.807) is 0 Å². The summed E-state index contributed by atoms with van der Waals surface area (Å²) < 4.78 is 1.95. The van der Waals surface area contributed by atoms with Crippen LogP contribution < -0.4 is 0 Å². The van der Waals surface area contributed by atoms with Gasteiger partial charge in [-0.1, -0.05) is 11.6 Å². The molecular formula is C16H23ClN2O. The Labute approximate surface area is 125 Å². The van der Waals surface area contributed by atoms with Crippen molar-refractivity contribution in [2.75, 3.05) is 0 Å². The van der Waals surface area contributed by atoms with E-state index in [9.17, 15) is 5.11 Å². The van der Waals surface area contributed by atoms with Gasteiger partial charge in [-0.15, -0.1) is 0 Å². The SMILES string of the molecule is CCn1nc(C)c(Cl)c1CC(O)C1C2C3CCC(C3)C12. The van der Waals surface area contributed by atoms with Gasteiger partial charge in [-0.05, 0) is 62.7 Å². The molecule has 0 spiro atoms. The predicted octanol–water partition coefficient (Wildman–Crippen LogP) is 3.06. The molecule has 4 rings (SSSR count). The summed E-state index contributed by atoms with van der Waals surface area (Å²) in [6.45, 7) is 4.83. The Balaban J connectivity index is 1.50. The number of hydrogen-bond donors (Lipinski definition) is 1. The van der Waals surface area contributed by atoms with Crippen LogP contribution >= 0.6 is 11.6 Å². The van der Waals surface area contributed by atoms with Crippen LogP contribution in [0.5, 0.6) is 0 Å². The molecule has 3 aliphatic rings. The minimum absolute atomic E-state index is 0.229. The molecule has 1 aromatic rings. The molecule has 20 heavy (non-hydrogen) atoms. The fraction of sp³-hybridized carbons (Fsp3) is 0.812. The zero-order valence-electron chi connectivity index (χ0n) is 12.2. The minimum Gasteiger partial charge on any atom is -0.392 e. The molecule has 4 heteroatoms. The number of aliphatic hydroxyl groups excluding tert-OH is 1. The molecule has 0 aromatic carbocycles. The number of hydrogen-bond acceptors (Lipinski definition) is 2. The molecule has 0 aliphatic heterocycles. The summed E-state index contributed by atoms with van der Waals surface area (Å²) in [5.74, 6) is 4.01. The van der Waals surface area contributed by atoms with Crippen LogP contribution in [0, 0.1) is 36.5 Å². The van der Waals surface area contributed by atoms with Crippen LogP contribution in [0.4, 0.5) is 0 Å². The van der Waals surface area contributed by atoms with Crippen LogP contribution in [0.25, 0.3) is 0 Å². The summed E-state index contributed by atoms with van der Waals surface area (Å²) in [5, 5.41) is 15.9. The zero-order chi connectivity index (χ0) is 14.0. The Morgan fingerprint density at radius 3 is 2.60 bits per heavy atom. The highest BCUT2D eigenvalue weighted by atomic mass is 35.5. The van der Waals surface area contributed by atoms with Crippen LogP contribution in [0.1, 0.15) is 37.6 Å². The molecule has 110 valence electrons. The summed E-state index contributed by atoms with van der Waals surface area (Å²) in [5.41, 5.74) is 1.91. The lowest BCUT2D eigenvalue weighted by Gasteiger charge is -2.16. The van der Waals surface area contributed by atoms with Crippen molar-refractivity contribution in [1.29, 1.82) is 0 Å². The second-order valence-electron chi connectivity index (χ2n) is 7.00. The molecule has 1 N–H and O–H groups in total. The molecule has 3 fully saturated rings. The standard InChI is InChI=1S/C16H23ClN2O/c1-3-19-11(16(17)8(2)18-19)7-12(20)15-13-9-4-5-10(6-9)14(13)15/h9-10,12-15,20H,3-7H2,1-2H3. The summed E-state index contributed by atoms with van der Waals surface area (Å²) in [6.07, 6.45) is 4.69. The first-order valence-corrected chi connectivity index (χ1v) is 8.39. The molecule has 3 nitrogen and oxygen atoms in total. The second kappa shape index (κ2) is 4.48. The van der Waals surface area contributed by atoms with Crippen molar-refractivity contribution in [1.82, 2.24) is 9.78 Å². The Morgan fingerprint density at radius 2 is 2.00 bits per heavy atom. The number of halogens is 1. The van der Waals surface area contributed by atoms with E-state index in [0.717, 1.165) is 46.6 Å². The Hall–Kier alpha value is -0.540. The van der Waals surface area contributed by atoms with Crippen molar-refractivity contribution >= 4 is 11.6 Å². The molecule has 3 aliphatic carbocycles. The maximum atomic E-state index is 10.7. The van der Waals surface area contributed by atoms with Crippen LogP contribution in [0.2, 0.25) is 5.02 Å². The third-order valence-electron chi connectivity index (χ3n) is 6.09. The van der Waals surface area contributed by atoms with Crippen molar-refractivity contribution in [2.45, 2.75) is 52.2 Å². The van der Waals surface area contributed by atoms with Crippen LogP contribution in [-0.4, -0.2) is 21.0 Å². The molecule has 1 heterocycles. The number of fused-ring (bicyclic) bond motifs is 5. The highest BCUT2D eigenvalue weighted by Crippen LogP contribution is 2.70. The monoisotopic (exact) mass is 294 g/mol. The van der Waals surface area contributed by atoms with Gasteiger partial charge in [0.1, 0.15) is 0 Å². The maximum Gasteiger partial charge on any atom is 0.0848 e. The molecule has 0 amide bonds. The molecule has 3 saturated carbocycles. The molecular weight excluding hydrogens is 272 g/mol. The van der Waals surface area contributed by atoms with E-state index < -0.39 is 0 Å². The van der Waals surface area contributed by atoms with Gasteiger partial charge in [0.05, 0.1) is 22.5 Å². The first-order valence-electron chi connectivity index (χ1n) is 8.01. The van der Waals surface area contributed by atoms with Gasteiger partial charge in [-0.2, -0.15) is 5.10 Å². The van der Waals surface area contributed by atoms with Crippen molar-refractivity contribution in [3.05, 3.63) is 16.4 Å². The first kappa shape index (κ1) is 13.1. The van der Waals surface area contributed by atoms with Gasteiger partial charge >= 0.3 is 0 Å². The fourth-order valence-corrected chi connectivity index (χ4v) is 5.52. The quantitative estimate of drug-likeness (QED) is 0.927. The van der Waals surface area contributed by atoms with Crippen LogP contribution in [0.3, 0.4) is 0 Å². The zero-order valence-corrected chi connectivity index (χ0v) is 13.0. The molecule has 5 unspecified atom stereocenters.